The first-order valence-corrected chi connectivity index (χ1v) is 6.49. The van der Waals surface area contributed by atoms with E-state index >= 15 is 0 Å². The van der Waals surface area contributed by atoms with Crippen molar-refractivity contribution in [1.82, 2.24) is 10.6 Å². The fourth-order valence-corrected chi connectivity index (χ4v) is 1.71. The van der Waals surface area contributed by atoms with E-state index in [1.165, 1.54) is 6.08 Å². The van der Waals surface area contributed by atoms with Crippen LogP contribution in [-0.4, -0.2) is 18.9 Å². The first-order valence-electron chi connectivity index (χ1n) is 6.49. The van der Waals surface area contributed by atoms with Crippen LogP contribution in [0, 0.1) is 0 Å². The Hall–Kier alpha value is -2.82. The Morgan fingerprint density at radius 2 is 1.95 bits per heavy atom. The van der Waals surface area contributed by atoms with Gasteiger partial charge in [0, 0.05) is 25.2 Å². The van der Waals surface area contributed by atoms with Gasteiger partial charge in [-0.05, 0) is 35.9 Å². The van der Waals surface area contributed by atoms with E-state index in [4.69, 9.17) is 4.42 Å². The molecule has 1 aromatic heterocycles. The Balaban J connectivity index is 1.85. The number of benzene rings is 1. The van der Waals surface area contributed by atoms with Crippen LogP contribution in [0.5, 0.6) is 0 Å². The van der Waals surface area contributed by atoms with Gasteiger partial charge >= 0.3 is 0 Å². The fourth-order valence-electron chi connectivity index (χ4n) is 1.71. The number of rotatable bonds is 5. The normalized spacial score (nSPS) is 10.5. The highest BCUT2D eigenvalue weighted by Gasteiger charge is 2.02. The lowest BCUT2D eigenvalue weighted by molar-refractivity contribution is -0.116. The van der Waals surface area contributed by atoms with Gasteiger partial charge in [-0.1, -0.05) is 12.1 Å². The van der Waals surface area contributed by atoms with Gasteiger partial charge < -0.3 is 15.1 Å². The molecule has 1 aromatic carbocycles. The molecular formula is C16H16N2O3. The predicted octanol–water partition coefficient (Wildman–Crippen LogP) is 1.97. The monoisotopic (exact) mass is 284 g/mol. The average Bonchev–Trinajstić information content (AvgIpc) is 3.04. The Kier molecular flexibility index (Phi) is 4.93. The molecule has 0 spiro atoms. The van der Waals surface area contributed by atoms with Gasteiger partial charge in [0.05, 0.1) is 6.26 Å². The zero-order valence-corrected chi connectivity index (χ0v) is 11.6. The molecule has 0 aliphatic carbocycles. The smallest absolute Gasteiger partial charge is 0.251 e. The molecule has 2 N–H and O–H groups in total. The molecule has 108 valence electrons. The number of carbonyl (C=O) groups is 2. The Morgan fingerprint density at radius 1 is 1.19 bits per heavy atom. The van der Waals surface area contributed by atoms with Crippen LogP contribution in [-0.2, 0) is 11.3 Å². The van der Waals surface area contributed by atoms with Crippen molar-refractivity contribution in [3.05, 3.63) is 65.6 Å². The molecule has 0 aliphatic rings. The summed E-state index contributed by atoms with van der Waals surface area (Å²) in [5.74, 6) is 0.286. The standard InChI is InChI=1S/C16H16N2O3/c1-17-16(20)13-6-4-12(5-7-13)11-18-15(19)9-8-14-3-2-10-21-14/h2-10H,11H2,1H3,(H,17,20)(H,18,19)/b9-8+. The lowest BCUT2D eigenvalue weighted by atomic mass is 10.1. The molecule has 1 heterocycles. The summed E-state index contributed by atoms with van der Waals surface area (Å²) in [6, 6.07) is 10.6. The molecule has 0 bridgehead atoms. The van der Waals surface area contributed by atoms with Crippen molar-refractivity contribution in [3.63, 3.8) is 0 Å². The van der Waals surface area contributed by atoms with Crippen molar-refractivity contribution in [1.29, 1.82) is 0 Å². The molecule has 21 heavy (non-hydrogen) atoms. The summed E-state index contributed by atoms with van der Waals surface area (Å²) in [6.45, 7) is 0.398. The SMILES string of the molecule is CNC(=O)c1ccc(CNC(=O)/C=C/c2ccco2)cc1. The molecule has 2 aromatic rings. The molecule has 0 radical (unpaired) electrons. The summed E-state index contributed by atoms with van der Waals surface area (Å²) < 4.78 is 5.09. The van der Waals surface area contributed by atoms with Gasteiger partial charge in [0.25, 0.3) is 5.91 Å². The molecule has 0 unspecified atom stereocenters. The highest BCUT2D eigenvalue weighted by Crippen LogP contribution is 2.05. The second-order valence-corrected chi connectivity index (χ2v) is 4.34. The summed E-state index contributed by atoms with van der Waals surface area (Å²) in [7, 11) is 1.59. The van der Waals surface area contributed by atoms with Crippen molar-refractivity contribution >= 4 is 17.9 Å². The lowest BCUT2D eigenvalue weighted by Crippen LogP contribution is -2.20. The number of hydrogen-bond donors (Lipinski definition) is 2. The minimum absolute atomic E-state index is 0.132. The highest BCUT2D eigenvalue weighted by atomic mass is 16.3. The first-order chi connectivity index (χ1) is 10.2. The maximum absolute atomic E-state index is 11.6. The van der Waals surface area contributed by atoms with Gasteiger partial charge in [0.2, 0.25) is 5.91 Å². The number of nitrogens with one attached hydrogen (secondary N) is 2. The van der Waals surface area contributed by atoms with Crippen molar-refractivity contribution in [3.8, 4) is 0 Å². The molecule has 0 fully saturated rings. The number of furan rings is 1. The summed E-state index contributed by atoms with van der Waals surface area (Å²) in [4.78, 5) is 23.0. The van der Waals surface area contributed by atoms with Crippen molar-refractivity contribution < 1.29 is 14.0 Å². The average molecular weight is 284 g/mol. The van der Waals surface area contributed by atoms with E-state index in [-0.39, 0.29) is 11.8 Å². The van der Waals surface area contributed by atoms with Gasteiger partial charge in [0.1, 0.15) is 5.76 Å². The van der Waals surface area contributed by atoms with E-state index in [2.05, 4.69) is 10.6 Å². The molecule has 0 atom stereocenters. The van der Waals surface area contributed by atoms with Crippen LogP contribution in [0.15, 0.2) is 53.2 Å². The quantitative estimate of drug-likeness (QED) is 0.825. The number of hydrogen-bond acceptors (Lipinski definition) is 3. The predicted molar refractivity (Wildman–Crippen MR) is 79.4 cm³/mol. The highest BCUT2D eigenvalue weighted by molar-refractivity contribution is 5.94. The van der Waals surface area contributed by atoms with E-state index in [9.17, 15) is 9.59 Å². The molecule has 2 rings (SSSR count). The summed E-state index contributed by atoms with van der Waals surface area (Å²) >= 11 is 0. The van der Waals surface area contributed by atoms with E-state index in [1.807, 2.05) is 0 Å². The zero-order valence-electron chi connectivity index (χ0n) is 11.6. The zero-order chi connectivity index (χ0) is 15.1. The molecular weight excluding hydrogens is 268 g/mol. The third-order valence-corrected chi connectivity index (χ3v) is 2.85. The second kappa shape index (κ2) is 7.09. The second-order valence-electron chi connectivity index (χ2n) is 4.34. The summed E-state index contributed by atoms with van der Waals surface area (Å²) in [5, 5.41) is 5.31. The van der Waals surface area contributed by atoms with Crippen molar-refractivity contribution in [2.24, 2.45) is 0 Å². The van der Waals surface area contributed by atoms with Crippen LogP contribution >= 0.6 is 0 Å². The van der Waals surface area contributed by atoms with E-state index < -0.39 is 0 Å². The molecule has 0 aliphatic heterocycles. The van der Waals surface area contributed by atoms with Crippen molar-refractivity contribution in [2.45, 2.75) is 6.54 Å². The number of carbonyl (C=O) groups excluding carboxylic acids is 2. The molecule has 2 amide bonds. The Labute approximate surface area is 122 Å². The van der Waals surface area contributed by atoms with Gasteiger partial charge in [0.15, 0.2) is 0 Å². The van der Waals surface area contributed by atoms with Crippen LogP contribution < -0.4 is 10.6 Å². The summed E-state index contributed by atoms with van der Waals surface area (Å²) in [5.41, 5.74) is 1.51. The Bertz CT molecular complexity index is 628. The lowest BCUT2D eigenvalue weighted by Gasteiger charge is -2.04. The van der Waals surface area contributed by atoms with Crippen LogP contribution in [0.3, 0.4) is 0 Å². The van der Waals surface area contributed by atoms with Crippen LogP contribution in [0.2, 0.25) is 0 Å². The summed E-state index contributed by atoms with van der Waals surface area (Å²) in [6.07, 6.45) is 4.56. The molecule has 0 saturated carbocycles. The minimum atomic E-state index is -0.207. The van der Waals surface area contributed by atoms with Crippen LogP contribution in [0.25, 0.3) is 6.08 Å². The maximum atomic E-state index is 11.6. The topological polar surface area (TPSA) is 71.3 Å². The fraction of sp³-hybridized carbons (Fsp3) is 0.125. The van der Waals surface area contributed by atoms with Crippen molar-refractivity contribution in [2.75, 3.05) is 7.05 Å². The van der Waals surface area contributed by atoms with Crippen LogP contribution in [0.4, 0.5) is 0 Å². The maximum Gasteiger partial charge on any atom is 0.251 e. The van der Waals surface area contributed by atoms with Gasteiger partial charge in [-0.15, -0.1) is 0 Å². The molecule has 5 nitrogen and oxygen atoms in total. The minimum Gasteiger partial charge on any atom is -0.465 e. The number of amides is 2. The van der Waals surface area contributed by atoms with Gasteiger partial charge in [-0.25, -0.2) is 0 Å². The van der Waals surface area contributed by atoms with E-state index in [0.29, 0.717) is 17.9 Å². The third-order valence-electron chi connectivity index (χ3n) is 2.85. The Morgan fingerprint density at radius 3 is 2.57 bits per heavy atom. The largest absolute Gasteiger partial charge is 0.465 e. The third kappa shape index (κ3) is 4.35. The van der Waals surface area contributed by atoms with Gasteiger partial charge in [-0.2, -0.15) is 0 Å². The van der Waals surface area contributed by atoms with E-state index in [1.54, 1.807) is 55.8 Å². The van der Waals surface area contributed by atoms with Gasteiger partial charge in [-0.3, -0.25) is 9.59 Å². The molecule has 5 heteroatoms. The van der Waals surface area contributed by atoms with E-state index in [0.717, 1.165) is 5.56 Å². The molecule has 0 saturated heterocycles. The first kappa shape index (κ1) is 14.6. The van der Waals surface area contributed by atoms with Crippen LogP contribution in [0.1, 0.15) is 21.7 Å².